The van der Waals surface area contributed by atoms with Gasteiger partial charge in [0, 0.05) is 16.8 Å². The average molecular weight is 269 g/mol. The van der Waals surface area contributed by atoms with Crippen molar-refractivity contribution in [1.82, 2.24) is 10.1 Å². The first-order valence-corrected chi connectivity index (χ1v) is 6.09. The first-order valence-electron chi connectivity index (χ1n) is 6.09. The molecule has 0 fully saturated rings. The van der Waals surface area contributed by atoms with Crippen molar-refractivity contribution >= 4 is 5.69 Å². The van der Waals surface area contributed by atoms with Crippen molar-refractivity contribution in [1.29, 1.82) is 0 Å². The molecule has 0 saturated carbocycles. The van der Waals surface area contributed by atoms with Crippen LogP contribution in [0.4, 0.5) is 10.1 Å². The zero-order chi connectivity index (χ0) is 14.1. The largest absolute Gasteiger partial charge is 0.399 e. The third-order valence-electron chi connectivity index (χ3n) is 2.99. The van der Waals surface area contributed by atoms with E-state index in [1.54, 1.807) is 31.2 Å². The number of aryl methyl sites for hydroxylation is 1. The van der Waals surface area contributed by atoms with Gasteiger partial charge in [-0.2, -0.15) is 4.98 Å². The molecule has 3 aromatic rings. The second-order valence-electron chi connectivity index (χ2n) is 4.51. The molecular weight excluding hydrogens is 257 g/mol. The molecule has 1 heterocycles. The van der Waals surface area contributed by atoms with Crippen LogP contribution in [0.15, 0.2) is 47.0 Å². The predicted octanol–water partition coefficient (Wildman–Crippen LogP) is 3.43. The van der Waals surface area contributed by atoms with E-state index >= 15 is 0 Å². The Morgan fingerprint density at radius 3 is 2.70 bits per heavy atom. The second kappa shape index (κ2) is 4.77. The van der Waals surface area contributed by atoms with Crippen LogP contribution in [0.3, 0.4) is 0 Å². The molecule has 0 spiro atoms. The highest BCUT2D eigenvalue weighted by atomic mass is 19.1. The quantitative estimate of drug-likeness (QED) is 0.724. The van der Waals surface area contributed by atoms with Crippen LogP contribution in [-0.2, 0) is 0 Å². The minimum atomic E-state index is -0.300. The van der Waals surface area contributed by atoms with E-state index in [0.717, 1.165) is 5.56 Å². The van der Waals surface area contributed by atoms with Crippen LogP contribution in [0.2, 0.25) is 0 Å². The molecule has 0 atom stereocenters. The van der Waals surface area contributed by atoms with E-state index in [9.17, 15) is 4.39 Å². The van der Waals surface area contributed by atoms with E-state index in [-0.39, 0.29) is 11.7 Å². The second-order valence-corrected chi connectivity index (χ2v) is 4.51. The molecule has 0 amide bonds. The number of aromatic nitrogens is 2. The Labute approximate surface area is 115 Å². The summed E-state index contributed by atoms with van der Waals surface area (Å²) in [6.45, 7) is 1.70. The maximum absolute atomic E-state index is 13.5. The molecule has 0 aliphatic carbocycles. The van der Waals surface area contributed by atoms with Gasteiger partial charge in [-0.05, 0) is 36.8 Å². The van der Waals surface area contributed by atoms with Crippen molar-refractivity contribution in [3.63, 3.8) is 0 Å². The van der Waals surface area contributed by atoms with Gasteiger partial charge < -0.3 is 10.3 Å². The maximum Gasteiger partial charge on any atom is 0.258 e. The van der Waals surface area contributed by atoms with Gasteiger partial charge in [0.15, 0.2) is 0 Å². The fraction of sp³-hybridized carbons (Fsp3) is 0.0667. The van der Waals surface area contributed by atoms with E-state index in [2.05, 4.69) is 10.1 Å². The van der Waals surface area contributed by atoms with Crippen molar-refractivity contribution < 1.29 is 8.91 Å². The Morgan fingerprint density at radius 1 is 1.10 bits per heavy atom. The minimum Gasteiger partial charge on any atom is -0.399 e. The molecule has 0 saturated heterocycles. The van der Waals surface area contributed by atoms with Gasteiger partial charge in [-0.15, -0.1) is 0 Å². The molecule has 2 aromatic carbocycles. The number of rotatable bonds is 2. The lowest BCUT2D eigenvalue weighted by Crippen LogP contribution is -1.87. The summed E-state index contributed by atoms with van der Waals surface area (Å²) >= 11 is 0. The van der Waals surface area contributed by atoms with Crippen LogP contribution < -0.4 is 5.73 Å². The maximum atomic E-state index is 13.5. The highest BCUT2D eigenvalue weighted by molar-refractivity contribution is 5.63. The third-order valence-corrected chi connectivity index (χ3v) is 2.99. The van der Waals surface area contributed by atoms with E-state index in [0.29, 0.717) is 22.6 Å². The van der Waals surface area contributed by atoms with Crippen LogP contribution in [0, 0.1) is 12.7 Å². The Morgan fingerprint density at radius 2 is 1.95 bits per heavy atom. The molecule has 2 N–H and O–H groups in total. The van der Waals surface area contributed by atoms with Crippen LogP contribution in [0.1, 0.15) is 5.56 Å². The minimum absolute atomic E-state index is 0.279. The topological polar surface area (TPSA) is 64.9 Å². The standard InChI is InChI=1S/C15H12FN3O/c1-9-5-6-11(8-13(9)16)15-18-14(19-20-15)10-3-2-4-12(17)7-10/h2-8H,17H2,1H3. The summed E-state index contributed by atoms with van der Waals surface area (Å²) in [6.07, 6.45) is 0. The van der Waals surface area contributed by atoms with Gasteiger partial charge in [0.25, 0.3) is 5.89 Å². The summed E-state index contributed by atoms with van der Waals surface area (Å²) in [4.78, 5) is 4.26. The van der Waals surface area contributed by atoms with Crippen molar-refractivity contribution in [3.8, 4) is 22.8 Å². The van der Waals surface area contributed by atoms with Crippen LogP contribution in [0.25, 0.3) is 22.8 Å². The van der Waals surface area contributed by atoms with Gasteiger partial charge in [-0.1, -0.05) is 23.4 Å². The number of nitrogen functional groups attached to an aromatic ring is 1. The van der Waals surface area contributed by atoms with E-state index in [1.165, 1.54) is 6.07 Å². The summed E-state index contributed by atoms with van der Waals surface area (Å²) < 4.78 is 18.7. The first-order chi connectivity index (χ1) is 9.63. The summed E-state index contributed by atoms with van der Waals surface area (Å²) in [5.41, 5.74) is 8.22. The van der Waals surface area contributed by atoms with Crippen molar-refractivity contribution in [2.45, 2.75) is 6.92 Å². The van der Waals surface area contributed by atoms with Gasteiger partial charge in [-0.25, -0.2) is 4.39 Å². The molecule has 4 nitrogen and oxygen atoms in total. The summed E-state index contributed by atoms with van der Waals surface area (Å²) in [7, 11) is 0. The lowest BCUT2D eigenvalue weighted by molar-refractivity contribution is 0.432. The average Bonchev–Trinajstić information content (AvgIpc) is 2.92. The number of nitrogens with two attached hydrogens (primary N) is 1. The molecule has 0 unspecified atom stereocenters. The summed E-state index contributed by atoms with van der Waals surface area (Å²) in [5, 5.41) is 3.89. The van der Waals surface area contributed by atoms with Crippen LogP contribution in [-0.4, -0.2) is 10.1 Å². The molecule has 0 radical (unpaired) electrons. The molecule has 3 rings (SSSR count). The zero-order valence-corrected chi connectivity index (χ0v) is 10.8. The van der Waals surface area contributed by atoms with Gasteiger partial charge in [0.1, 0.15) is 5.82 Å². The normalized spacial score (nSPS) is 10.7. The lowest BCUT2D eigenvalue weighted by atomic mass is 10.1. The molecule has 100 valence electrons. The molecule has 0 aliphatic heterocycles. The Hall–Kier alpha value is -2.69. The number of hydrogen-bond donors (Lipinski definition) is 1. The van der Waals surface area contributed by atoms with Crippen LogP contribution >= 0.6 is 0 Å². The first kappa shape index (κ1) is 12.3. The molecule has 1 aromatic heterocycles. The van der Waals surface area contributed by atoms with Gasteiger partial charge in [-0.3, -0.25) is 0 Å². The SMILES string of the molecule is Cc1ccc(-c2nc(-c3cccc(N)c3)no2)cc1F. The smallest absolute Gasteiger partial charge is 0.258 e. The molecular formula is C15H12FN3O. The van der Waals surface area contributed by atoms with Crippen molar-refractivity contribution in [2.24, 2.45) is 0 Å². The van der Waals surface area contributed by atoms with Crippen LogP contribution in [0.5, 0.6) is 0 Å². The van der Waals surface area contributed by atoms with E-state index in [1.807, 2.05) is 12.1 Å². The fourth-order valence-electron chi connectivity index (χ4n) is 1.86. The van der Waals surface area contributed by atoms with Crippen molar-refractivity contribution in [3.05, 3.63) is 53.8 Å². The molecule has 0 bridgehead atoms. The third kappa shape index (κ3) is 2.25. The van der Waals surface area contributed by atoms with E-state index < -0.39 is 0 Å². The zero-order valence-electron chi connectivity index (χ0n) is 10.8. The predicted molar refractivity (Wildman–Crippen MR) is 74.3 cm³/mol. The molecule has 5 heteroatoms. The van der Waals surface area contributed by atoms with Crippen molar-refractivity contribution in [2.75, 3.05) is 5.73 Å². The molecule has 20 heavy (non-hydrogen) atoms. The Balaban J connectivity index is 1.99. The van der Waals surface area contributed by atoms with Gasteiger partial charge in [0.05, 0.1) is 0 Å². The lowest BCUT2D eigenvalue weighted by Gasteiger charge is -1.98. The highest BCUT2D eigenvalue weighted by Gasteiger charge is 2.12. The number of benzene rings is 2. The van der Waals surface area contributed by atoms with E-state index in [4.69, 9.17) is 10.3 Å². The molecule has 0 aliphatic rings. The fourth-order valence-corrected chi connectivity index (χ4v) is 1.86. The van der Waals surface area contributed by atoms with Gasteiger partial charge >= 0.3 is 0 Å². The Kier molecular flexibility index (Phi) is 2.95. The monoisotopic (exact) mass is 269 g/mol. The van der Waals surface area contributed by atoms with Gasteiger partial charge in [0.2, 0.25) is 5.82 Å². The number of hydrogen-bond acceptors (Lipinski definition) is 4. The number of nitrogens with zero attached hydrogens (tertiary/aromatic N) is 2. The summed E-state index contributed by atoms with van der Waals surface area (Å²) in [5.74, 6) is 0.404. The Bertz CT molecular complexity index is 767. The number of anilines is 1. The summed E-state index contributed by atoms with van der Waals surface area (Å²) in [6, 6.07) is 12.0. The number of halogens is 1. The highest BCUT2D eigenvalue weighted by Crippen LogP contribution is 2.24.